The van der Waals surface area contributed by atoms with E-state index < -0.39 is 27.8 Å². The maximum absolute atomic E-state index is 12.2. The van der Waals surface area contributed by atoms with Crippen molar-refractivity contribution in [1.82, 2.24) is 4.72 Å². The molecular weight excluding hydrogens is 371 g/mol. The molecule has 0 bridgehead atoms. The minimum Gasteiger partial charge on any atom is -1.00 e. The molecule has 0 spiro atoms. The largest absolute Gasteiger partial charge is 1.00 e. The van der Waals surface area contributed by atoms with Crippen molar-refractivity contribution in [2.24, 2.45) is 0 Å². The van der Waals surface area contributed by atoms with Crippen LogP contribution in [0, 0.1) is 0 Å². The third-order valence-electron chi connectivity index (χ3n) is 3.10. The first-order valence-corrected chi connectivity index (χ1v) is 8.46. The summed E-state index contributed by atoms with van der Waals surface area (Å²) in [5, 5.41) is 11.6. The molecule has 132 valence electrons. The van der Waals surface area contributed by atoms with E-state index in [9.17, 15) is 22.8 Å². The number of carboxylic acid groups (broad SMARTS) is 1. The molecule has 2 amide bonds. The van der Waals surface area contributed by atoms with Crippen LogP contribution in [0.1, 0.15) is 29.1 Å². The van der Waals surface area contributed by atoms with E-state index in [4.69, 9.17) is 5.11 Å². The topological polar surface area (TPSA) is 130 Å². The number of nitrogens with one attached hydrogen (secondary N) is 2. The van der Waals surface area contributed by atoms with Crippen LogP contribution in [0.25, 0.3) is 0 Å². The van der Waals surface area contributed by atoms with Crippen molar-refractivity contribution >= 4 is 33.5 Å². The van der Waals surface area contributed by atoms with Gasteiger partial charge in [0.15, 0.2) is 0 Å². The van der Waals surface area contributed by atoms with Crippen molar-refractivity contribution in [3.05, 3.63) is 59.7 Å². The molecule has 2 aromatic carbocycles. The standard InChI is InChI=1S/C16H14N2O6S.Na.H/c1-10(19)18-25(23,24)12-8-6-11(7-9-12)17-15(20)13-4-2-3-5-14(13)16(21)22;;/h2-9H,1H3,(H,17,20)(H,18,19)(H,21,22);;/q;+1;-1. The molecule has 0 heterocycles. The first kappa shape index (κ1) is 21.8. The molecule has 26 heavy (non-hydrogen) atoms. The Bertz CT molecular complexity index is 948. The van der Waals surface area contributed by atoms with E-state index in [-0.39, 0.29) is 52.7 Å². The van der Waals surface area contributed by atoms with Gasteiger partial charge in [-0.1, -0.05) is 12.1 Å². The minimum atomic E-state index is -3.96. The maximum Gasteiger partial charge on any atom is 1.00 e. The number of sulfonamides is 1. The first-order valence-electron chi connectivity index (χ1n) is 6.98. The number of amides is 2. The summed E-state index contributed by atoms with van der Waals surface area (Å²) in [4.78, 5) is 34.1. The predicted octanol–water partition coefficient (Wildman–Crippen LogP) is -1.42. The average Bonchev–Trinajstić information content (AvgIpc) is 2.54. The zero-order chi connectivity index (χ0) is 18.6. The van der Waals surface area contributed by atoms with Crippen molar-refractivity contribution < 1.29 is 58.9 Å². The summed E-state index contributed by atoms with van der Waals surface area (Å²) in [5.41, 5.74) is 0.0989. The molecule has 10 heteroatoms. The van der Waals surface area contributed by atoms with Crippen molar-refractivity contribution in [3.8, 4) is 0 Å². The number of rotatable bonds is 5. The van der Waals surface area contributed by atoms with Crippen molar-refractivity contribution in [3.63, 3.8) is 0 Å². The number of benzene rings is 2. The van der Waals surface area contributed by atoms with Crippen LogP contribution in [0.4, 0.5) is 5.69 Å². The molecule has 2 aromatic rings. The van der Waals surface area contributed by atoms with E-state index in [1.807, 2.05) is 4.72 Å². The van der Waals surface area contributed by atoms with Gasteiger partial charge in [0.05, 0.1) is 16.0 Å². The summed E-state index contributed by atoms with van der Waals surface area (Å²) in [6.45, 7) is 1.08. The first-order chi connectivity index (χ1) is 11.7. The van der Waals surface area contributed by atoms with Gasteiger partial charge in [0.1, 0.15) is 0 Å². The summed E-state index contributed by atoms with van der Waals surface area (Å²) in [6.07, 6.45) is 0. The van der Waals surface area contributed by atoms with Gasteiger partial charge in [0, 0.05) is 12.6 Å². The van der Waals surface area contributed by atoms with E-state index in [1.54, 1.807) is 0 Å². The second kappa shape index (κ2) is 8.95. The molecule has 0 aromatic heterocycles. The van der Waals surface area contributed by atoms with E-state index >= 15 is 0 Å². The maximum atomic E-state index is 12.2. The minimum absolute atomic E-state index is 0. The van der Waals surface area contributed by atoms with E-state index in [1.165, 1.54) is 48.5 Å². The third kappa shape index (κ3) is 5.40. The van der Waals surface area contributed by atoms with Gasteiger partial charge in [-0.15, -0.1) is 0 Å². The molecule has 0 unspecified atom stereocenters. The number of anilines is 1. The van der Waals surface area contributed by atoms with Crippen LogP contribution < -0.4 is 39.6 Å². The Labute approximate surface area is 173 Å². The molecule has 0 saturated carbocycles. The van der Waals surface area contributed by atoms with E-state index in [0.29, 0.717) is 0 Å². The molecule has 0 radical (unpaired) electrons. The SMILES string of the molecule is CC(=O)NS(=O)(=O)c1ccc(NC(=O)c2ccccc2C(=O)O)cc1.[H-].[Na+]. The number of hydrogen-bond donors (Lipinski definition) is 3. The smallest absolute Gasteiger partial charge is 1.00 e. The second-order valence-electron chi connectivity index (χ2n) is 4.99. The van der Waals surface area contributed by atoms with Gasteiger partial charge in [-0.05, 0) is 36.4 Å². The third-order valence-corrected chi connectivity index (χ3v) is 4.55. The van der Waals surface area contributed by atoms with Crippen LogP contribution >= 0.6 is 0 Å². The Kier molecular flexibility index (Phi) is 7.52. The Morgan fingerprint density at radius 2 is 1.50 bits per heavy atom. The van der Waals surface area contributed by atoms with Crippen LogP contribution in [-0.2, 0) is 14.8 Å². The number of hydrogen-bond acceptors (Lipinski definition) is 5. The fourth-order valence-electron chi connectivity index (χ4n) is 2.03. The van der Waals surface area contributed by atoms with Gasteiger partial charge in [-0.3, -0.25) is 9.59 Å². The average molecular weight is 386 g/mol. The molecule has 0 saturated heterocycles. The van der Waals surface area contributed by atoms with Crippen LogP contribution in [0.2, 0.25) is 0 Å². The normalized spacial score (nSPS) is 10.3. The van der Waals surface area contributed by atoms with Crippen molar-refractivity contribution in [2.75, 3.05) is 5.32 Å². The summed E-state index contributed by atoms with van der Waals surface area (Å²) in [7, 11) is -3.96. The Morgan fingerprint density at radius 3 is 2.00 bits per heavy atom. The number of carbonyl (C=O) groups is 3. The molecular formula is C16H15N2NaO6S. The molecule has 0 aliphatic carbocycles. The summed E-state index contributed by atoms with van der Waals surface area (Å²) < 4.78 is 25.5. The van der Waals surface area contributed by atoms with E-state index in [0.717, 1.165) is 6.92 Å². The van der Waals surface area contributed by atoms with Crippen LogP contribution in [0.15, 0.2) is 53.4 Å². The van der Waals surface area contributed by atoms with Gasteiger partial charge in [0.2, 0.25) is 5.91 Å². The molecule has 2 rings (SSSR count). The summed E-state index contributed by atoms with van der Waals surface area (Å²) in [5.74, 6) is -2.60. The van der Waals surface area contributed by atoms with Crippen LogP contribution in [0.3, 0.4) is 0 Å². The number of carboxylic acids is 1. The molecule has 0 atom stereocenters. The van der Waals surface area contributed by atoms with Gasteiger partial charge >= 0.3 is 35.5 Å². The molecule has 8 nitrogen and oxygen atoms in total. The molecule has 0 aliphatic heterocycles. The Morgan fingerprint density at radius 1 is 0.962 bits per heavy atom. The number of carbonyl (C=O) groups excluding carboxylic acids is 2. The quantitative estimate of drug-likeness (QED) is 0.541. The Hall–Kier alpha value is -2.20. The number of aromatic carboxylic acids is 1. The van der Waals surface area contributed by atoms with Crippen molar-refractivity contribution in [1.29, 1.82) is 0 Å². The molecule has 3 N–H and O–H groups in total. The summed E-state index contributed by atoms with van der Waals surface area (Å²) >= 11 is 0. The van der Waals surface area contributed by atoms with Gasteiger partial charge in [-0.25, -0.2) is 17.9 Å². The summed E-state index contributed by atoms with van der Waals surface area (Å²) in [6, 6.07) is 10.8. The van der Waals surface area contributed by atoms with Gasteiger partial charge < -0.3 is 11.8 Å². The van der Waals surface area contributed by atoms with Crippen LogP contribution in [0.5, 0.6) is 0 Å². The molecule has 0 aliphatic rings. The van der Waals surface area contributed by atoms with Crippen LogP contribution in [-0.4, -0.2) is 31.3 Å². The predicted molar refractivity (Wildman–Crippen MR) is 89.9 cm³/mol. The zero-order valence-electron chi connectivity index (χ0n) is 15.0. The Balaban J connectivity index is 0.00000338. The van der Waals surface area contributed by atoms with Gasteiger partial charge in [-0.2, -0.15) is 0 Å². The van der Waals surface area contributed by atoms with Crippen molar-refractivity contribution in [2.45, 2.75) is 11.8 Å². The van der Waals surface area contributed by atoms with Gasteiger partial charge in [0.25, 0.3) is 15.9 Å². The van der Waals surface area contributed by atoms with E-state index in [2.05, 4.69) is 5.32 Å². The second-order valence-corrected chi connectivity index (χ2v) is 6.67. The monoisotopic (exact) mass is 386 g/mol. The molecule has 0 fully saturated rings. The fourth-order valence-corrected chi connectivity index (χ4v) is 3.02. The zero-order valence-corrected chi connectivity index (χ0v) is 16.8. The fraction of sp³-hybridized carbons (Fsp3) is 0.0625.